The van der Waals surface area contributed by atoms with E-state index >= 15 is 0 Å². The van der Waals surface area contributed by atoms with Crippen LogP contribution in [0.25, 0.3) is 0 Å². The number of fused-ring (bicyclic) bond motifs is 1. The maximum Gasteiger partial charge on any atom is 0.269 e. The van der Waals surface area contributed by atoms with Crippen molar-refractivity contribution in [1.29, 1.82) is 0 Å². The van der Waals surface area contributed by atoms with Crippen molar-refractivity contribution in [2.45, 2.75) is 25.9 Å². The molecule has 7 heteroatoms. The number of para-hydroxylation sites is 1. The number of hydrogen-bond donors (Lipinski definition) is 2. The number of aryl methyl sites for hydroxylation is 1. The molecule has 0 saturated heterocycles. The number of carbonyl (C=O) groups excluding carboxylic acids is 2. The van der Waals surface area contributed by atoms with Gasteiger partial charge in [0.25, 0.3) is 5.91 Å². The van der Waals surface area contributed by atoms with Crippen LogP contribution >= 0.6 is 11.6 Å². The number of nitrogens with one attached hydrogen (secondary N) is 2. The summed E-state index contributed by atoms with van der Waals surface area (Å²) in [5, 5.41) is 0.695. The van der Waals surface area contributed by atoms with Crippen LogP contribution in [0.3, 0.4) is 0 Å². The third-order valence-electron chi connectivity index (χ3n) is 5.33. The van der Waals surface area contributed by atoms with E-state index in [1.807, 2.05) is 55.5 Å². The number of amides is 2. The van der Waals surface area contributed by atoms with Gasteiger partial charge in [0.05, 0.1) is 12.5 Å². The van der Waals surface area contributed by atoms with E-state index in [-0.39, 0.29) is 17.7 Å². The van der Waals surface area contributed by atoms with E-state index in [0.717, 1.165) is 22.4 Å². The minimum atomic E-state index is -0.389. The van der Waals surface area contributed by atoms with Crippen LogP contribution in [-0.2, 0) is 11.4 Å². The summed E-state index contributed by atoms with van der Waals surface area (Å²) in [6, 6.07) is 19.9. The Labute approximate surface area is 191 Å². The van der Waals surface area contributed by atoms with Gasteiger partial charge in [0.1, 0.15) is 18.1 Å². The summed E-state index contributed by atoms with van der Waals surface area (Å²) in [4.78, 5) is 25.1. The fourth-order valence-electron chi connectivity index (χ4n) is 3.52. The Morgan fingerprint density at radius 1 is 1.06 bits per heavy atom. The van der Waals surface area contributed by atoms with Crippen LogP contribution in [0.5, 0.6) is 11.5 Å². The molecule has 4 rings (SSSR count). The smallest absolute Gasteiger partial charge is 0.269 e. The van der Waals surface area contributed by atoms with Gasteiger partial charge < -0.3 is 9.47 Å². The molecular formula is C25H23ClN2O4. The highest BCUT2D eigenvalue weighted by molar-refractivity contribution is 6.31. The van der Waals surface area contributed by atoms with Crippen LogP contribution in [0, 0.1) is 6.92 Å². The molecule has 0 spiro atoms. The Bertz CT molecular complexity index is 1130. The van der Waals surface area contributed by atoms with E-state index in [9.17, 15) is 9.59 Å². The largest absolute Gasteiger partial charge is 0.493 e. The summed E-state index contributed by atoms with van der Waals surface area (Å²) in [7, 11) is 0. The standard InChI is InChI=1S/C25H23ClN2O4/c1-16-14-19(10-11-22(16)26)32-15-17-6-8-18(9-7-17)24(29)27-28-25(30)21-12-13-31-23-5-3-2-4-20(21)23/h2-11,14,21H,12-13,15H2,1H3,(H,27,29)(H,28,30). The number of carbonyl (C=O) groups is 2. The number of hydrogen-bond acceptors (Lipinski definition) is 4. The molecule has 6 nitrogen and oxygen atoms in total. The quantitative estimate of drug-likeness (QED) is 0.559. The SMILES string of the molecule is Cc1cc(OCc2ccc(C(=O)NNC(=O)C3CCOc4ccccc43)cc2)ccc1Cl. The van der Waals surface area contributed by atoms with Crippen molar-refractivity contribution in [1.82, 2.24) is 10.9 Å². The highest BCUT2D eigenvalue weighted by Crippen LogP contribution is 2.33. The zero-order valence-corrected chi connectivity index (χ0v) is 18.3. The van der Waals surface area contributed by atoms with Crippen molar-refractivity contribution >= 4 is 23.4 Å². The summed E-state index contributed by atoms with van der Waals surface area (Å²) in [6.45, 7) is 2.74. The normalized spacial score (nSPS) is 14.6. The van der Waals surface area contributed by atoms with Crippen molar-refractivity contribution in [2.24, 2.45) is 0 Å². The topological polar surface area (TPSA) is 76.7 Å². The number of hydrazine groups is 1. The molecule has 0 saturated carbocycles. The molecule has 3 aromatic rings. The summed E-state index contributed by atoms with van der Waals surface area (Å²) < 4.78 is 11.4. The molecule has 1 aliphatic heterocycles. The predicted octanol–water partition coefficient (Wildman–Crippen LogP) is 4.55. The van der Waals surface area contributed by atoms with Gasteiger partial charge in [0.15, 0.2) is 0 Å². The monoisotopic (exact) mass is 450 g/mol. The lowest BCUT2D eigenvalue weighted by molar-refractivity contribution is -0.124. The first kappa shape index (κ1) is 21.7. The van der Waals surface area contributed by atoms with Crippen LogP contribution in [0.1, 0.15) is 39.4 Å². The van der Waals surface area contributed by atoms with Crippen molar-refractivity contribution < 1.29 is 19.1 Å². The first-order chi connectivity index (χ1) is 15.5. The Morgan fingerprint density at radius 2 is 1.84 bits per heavy atom. The molecule has 2 amide bonds. The predicted molar refractivity (Wildman–Crippen MR) is 122 cm³/mol. The van der Waals surface area contributed by atoms with Gasteiger partial charge in [0, 0.05) is 16.1 Å². The molecule has 3 aromatic carbocycles. The summed E-state index contributed by atoms with van der Waals surface area (Å²) >= 11 is 6.03. The second-order valence-corrected chi connectivity index (χ2v) is 7.97. The van der Waals surface area contributed by atoms with Gasteiger partial charge in [-0.05, 0) is 60.9 Å². The number of benzene rings is 3. The Kier molecular flexibility index (Phi) is 6.61. The van der Waals surface area contributed by atoms with Crippen molar-refractivity contribution in [3.05, 3.63) is 94.0 Å². The molecule has 1 atom stereocenters. The van der Waals surface area contributed by atoms with Crippen LogP contribution in [-0.4, -0.2) is 18.4 Å². The molecule has 1 unspecified atom stereocenters. The lowest BCUT2D eigenvalue weighted by Gasteiger charge is -2.25. The van der Waals surface area contributed by atoms with Crippen LogP contribution in [0.4, 0.5) is 0 Å². The van der Waals surface area contributed by atoms with E-state index in [2.05, 4.69) is 10.9 Å². The van der Waals surface area contributed by atoms with Crippen LogP contribution in [0.15, 0.2) is 66.7 Å². The van der Waals surface area contributed by atoms with Gasteiger partial charge in [-0.2, -0.15) is 0 Å². The second kappa shape index (κ2) is 9.75. The Balaban J connectivity index is 1.30. The minimum absolute atomic E-state index is 0.266. The summed E-state index contributed by atoms with van der Waals surface area (Å²) in [5.41, 5.74) is 8.15. The first-order valence-corrected chi connectivity index (χ1v) is 10.7. The number of halogens is 1. The average molecular weight is 451 g/mol. The maximum absolute atomic E-state index is 12.6. The van der Waals surface area contributed by atoms with Crippen molar-refractivity contribution in [2.75, 3.05) is 6.61 Å². The molecule has 0 aromatic heterocycles. The molecule has 1 heterocycles. The molecule has 0 radical (unpaired) electrons. The van der Waals surface area contributed by atoms with Gasteiger partial charge in [-0.1, -0.05) is 41.9 Å². The third-order valence-corrected chi connectivity index (χ3v) is 5.75. The molecule has 32 heavy (non-hydrogen) atoms. The van der Waals surface area contributed by atoms with Gasteiger partial charge >= 0.3 is 0 Å². The van der Waals surface area contributed by atoms with Gasteiger partial charge in [-0.25, -0.2) is 0 Å². The molecular weight excluding hydrogens is 428 g/mol. The fourth-order valence-corrected chi connectivity index (χ4v) is 3.64. The molecule has 0 bridgehead atoms. The lowest BCUT2D eigenvalue weighted by atomic mass is 9.92. The maximum atomic E-state index is 12.6. The van der Waals surface area contributed by atoms with Crippen LogP contribution < -0.4 is 20.3 Å². The van der Waals surface area contributed by atoms with E-state index in [1.54, 1.807) is 18.2 Å². The molecule has 164 valence electrons. The molecule has 2 N–H and O–H groups in total. The zero-order valence-electron chi connectivity index (χ0n) is 17.6. The second-order valence-electron chi connectivity index (χ2n) is 7.57. The molecule has 0 aliphatic carbocycles. The summed E-state index contributed by atoms with van der Waals surface area (Å²) in [6.07, 6.45) is 0.556. The van der Waals surface area contributed by atoms with Crippen LogP contribution in [0.2, 0.25) is 5.02 Å². The van der Waals surface area contributed by atoms with Gasteiger partial charge in [0.2, 0.25) is 5.91 Å². The van der Waals surface area contributed by atoms with E-state index in [1.165, 1.54) is 0 Å². The van der Waals surface area contributed by atoms with Crippen molar-refractivity contribution in [3.8, 4) is 11.5 Å². The Morgan fingerprint density at radius 3 is 2.62 bits per heavy atom. The Hall–Kier alpha value is -3.51. The minimum Gasteiger partial charge on any atom is -0.493 e. The highest BCUT2D eigenvalue weighted by atomic mass is 35.5. The van der Waals surface area contributed by atoms with Gasteiger partial charge in [-0.3, -0.25) is 20.4 Å². The molecule has 1 aliphatic rings. The van der Waals surface area contributed by atoms with E-state index in [0.29, 0.717) is 36.0 Å². The first-order valence-electron chi connectivity index (χ1n) is 10.3. The van der Waals surface area contributed by atoms with E-state index in [4.69, 9.17) is 21.1 Å². The van der Waals surface area contributed by atoms with E-state index < -0.39 is 0 Å². The third kappa shape index (κ3) is 5.03. The average Bonchev–Trinajstić information content (AvgIpc) is 2.83. The lowest BCUT2D eigenvalue weighted by Crippen LogP contribution is -2.44. The number of ether oxygens (including phenoxy) is 2. The van der Waals surface area contributed by atoms with Gasteiger partial charge in [-0.15, -0.1) is 0 Å². The summed E-state index contributed by atoms with van der Waals surface area (Å²) in [5.74, 6) is 0.413. The number of rotatable bonds is 5. The fraction of sp³-hybridized carbons (Fsp3) is 0.200. The highest BCUT2D eigenvalue weighted by Gasteiger charge is 2.27. The zero-order chi connectivity index (χ0) is 22.5. The van der Waals surface area contributed by atoms with Crippen molar-refractivity contribution in [3.63, 3.8) is 0 Å². The molecule has 0 fully saturated rings.